The van der Waals surface area contributed by atoms with E-state index in [0.717, 1.165) is 7.11 Å². The van der Waals surface area contributed by atoms with Crippen LogP contribution in [0, 0.1) is 6.92 Å². The molecule has 0 spiro atoms. The monoisotopic (exact) mass is 376 g/mol. The van der Waals surface area contributed by atoms with Crippen LogP contribution in [0.1, 0.15) is 36.6 Å². The van der Waals surface area contributed by atoms with Crippen molar-refractivity contribution in [1.29, 1.82) is 0 Å². The number of carbonyl (C=O) groups excluding carboxylic acids is 3. The Morgan fingerprint density at radius 2 is 1.04 bits per heavy atom. The average molecular weight is 376 g/mol. The molecule has 0 aliphatic heterocycles. The van der Waals surface area contributed by atoms with Crippen LogP contribution in [0.4, 0.5) is 0 Å². The van der Waals surface area contributed by atoms with Gasteiger partial charge in [0.05, 0.1) is 52.2 Å². The first-order valence-corrected chi connectivity index (χ1v) is 7.83. The van der Waals surface area contributed by atoms with E-state index in [1.165, 1.54) is 28.4 Å². The summed E-state index contributed by atoms with van der Waals surface area (Å²) in [6.45, 7) is 1.63. The molecular weight excluding hydrogens is 356 g/mol. The number of esters is 3. The second-order valence-corrected chi connectivity index (χ2v) is 5.48. The Bertz CT molecular complexity index is 929. The highest BCUT2D eigenvalue weighted by molar-refractivity contribution is 6.19. The molecule has 0 amide bonds. The molecule has 0 aromatic heterocycles. The van der Waals surface area contributed by atoms with Gasteiger partial charge in [-0.15, -0.1) is 0 Å². The number of ether oxygens (including phenoxy) is 5. The van der Waals surface area contributed by atoms with Gasteiger partial charge in [-0.3, -0.25) is 0 Å². The third kappa shape index (κ3) is 3.25. The van der Waals surface area contributed by atoms with Crippen molar-refractivity contribution in [1.82, 2.24) is 0 Å². The van der Waals surface area contributed by atoms with Crippen molar-refractivity contribution in [3.63, 3.8) is 0 Å². The Morgan fingerprint density at radius 3 is 1.48 bits per heavy atom. The van der Waals surface area contributed by atoms with Crippen LogP contribution in [0.25, 0.3) is 10.8 Å². The summed E-state index contributed by atoms with van der Waals surface area (Å²) in [5.74, 6) is -1.72. The Morgan fingerprint density at radius 1 is 0.630 bits per heavy atom. The van der Waals surface area contributed by atoms with Crippen LogP contribution in [-0.2, 0) is 14.2 Å². The topological polar surface area (TPSA) is 97.4 Å². The predicted molar refractivity (Wildman–Crippen MR) is 95.8 cm³/mol. The fraction of sp³-hybridized carbons (Fsp3) is 0.316. The molecule has 2 aromatic carbocycles. The predicted octanol–water partition coefficient (Wildman–Crippen LogP) is 2.53. The summed E-state index contributed by atoms with van der Waals surface area (Å²) in [5.41, 5.74) is -0.00458. The lowest BCUT2D eigenvalue weighted by Gasteiger charge is -2.19. The van der Waals surface area contributed by atoms with Crippen molar-refractivity contribution in [2.24, 2.45) is 0 Å². The Balaban J connectivity index is 3.16. The maximum Gasteiger partial charge on any atom is 0.339 e. The van der Waals surface area contributed by atoms with Gasteiger partial charge in [-0.05, 0) is 30.0 Å². The van der Waals surface area contributed by atoms with Crippen molar-refractivity contribution >= 4 is 28.7 Å². The lowest BCUT2D eigenvalue weighted by Crippen LogP contribution is -2.20. The molecule has 2 rings (SSSR count). The Labute approximate surface area is 155 Å². The number of aryl methyl sites for hydroxylation is 1. The van der Waals surface area contributed by atoms with Gasteiger partial charge in [0.15, 0.2) is 11.5 Å². The van der Waals surface area contributed by atoms with Gasteiger partial charge in [0.2, 0.25) is 0 Å². The van der Waals surface area contributed by atoms with Gasteiger partial charge in [-0.1, -0.05) is 0 Å². The summed E-state index contributed by atoms with van der Waals surface area (Å²) >= 11 is 0. The number of carbonyl (C=O) groups is 3. The molecule has 8 nitrogen and oxygen atoms in total. The minimum atomic E-state index is -0.865. The fourth-order valence-corrected chi connectivity index (χ4v) is 2.96. The Hall–Kier alpha value is -3.29. The molecule has 0 atom stereocenters. The summed E-state index contributed by atoms with van der Waals surface area (Å²) in [4.78, 5) is 37.4. The van der Waals surface area contributed by atoms with E-state index in [9.17, 15) is 14.4 Å². The molecule has 0 radical (unpaired) electrons. The van der Waals surface area contributed by atoms with Gasteiger partial charge in [0, 0.05) is 5.39 Å². The zero-order valence-corrected chi connectivity index (χ0v) is 15.9. The van der Waals surface area contributed by atoms with Gasteiger partial charge in [-0.2, -0.15) is 0 Å². The SMILES string of the molecule is COC(=O)c1c(C(=O)OC)c(C(=O)OC)c2cc(OC)c(OC)cc2c1C. The molecule has 27 heavy (non-hydrogen) atoms. The van der Waals surface area contributed by atoms with Crippen LogP contribution in [0.5, 0.6) is 11.5 Å². The second kappa shape index (κ2) is 7.94. The third-order valence-corrected chi connectivity index (χ3v) is 4.24. The van der Waals surface area contributed by atoms with Crippen LogP contribution >= 0.6 is 0 Å². The van der Waals surface area contributed by atoms with E-state index < -0.39 is 17.9 Å². The summed E-state index contributed by atoms with van der Waals surface area (Å²) in [6.07, 6.45) is 0. The van der Waals surface area contributed by atoms with Crippen LogP contribution in [0.2, 0.25) is 0 Å². The molecule has 2 aromatic rings. The van der Waals surface area contributed by atoms with Crippen LogP contribution < -0.4 is 9.47 Å². The molecule has 0 aliphatic rings. The van der Waals surface area contributed by atoms with Crippen LogP contribution in [0.15, 0.2) is 12.1 Å². The third-order valence-electron chi connectivity index (χ3n) is 4.24. The van der Waals surface area contributed by atoms with E-state index in [1.807, 2.05) is 0 Å². The standard InChI is InChI=1S/C19H20O8/c1-9-10-7-12(23-2)13(24-3)8-11(10)15(18(21)26-5)16(19(22)27-6)14(9)17(20)25-4/h7-8H,1-6H3. The Kier molecular flexibility index (Phi) is 5.89. The van der Waals surface area contributed by atoms with Gasteiger partial charge >= 0.3 is 17.9 Å². The van der Waals surface area contributed by atoms with Crippen molar-refractivity contribution in [2.75, 3.05) is 35.5 Å². The molecule has 0 fully saturated rings. The first-order valence-electron chi connectivity index (χ1n) is 7.83. The zero-order valence-electron chi connectivity index (χ0n) is 15.9. The van der Waals surface area contributed by atoms with Gasteiger partial charge in [0.25, 0.3) is 0 Å². The summed E-state index contributed by atoms with van der Waals surface area (Å²) in [6, 6.07) is 3.16. The highest BCUT2D eigenvalue weighted by Crippen LogP contribution is 2.39. The number of hydrogen-bond acceptors (Lipinski definition) is 8. The molecule has 0 saturated carbocycles. The highest BCUT2D eigenvalue weighted by atomic mass is 16.5. The van der Waals surface area contributed by atoms with E-state index in [-0.39, 0.29) is 16.7 Å². The molecule has 0 bridgehead atoms. The average Bonchev–Trinajstić information content (AvgIpc) is 2.70. The van der Waals surface area contributed by atoms with Gasteiger partial charge in [-0.25, -0.2) is 14.4 Å². The summed E-state index contributed by atoms with van der Waals surface area (Å²) in [7, 11) is 6.41. The van der Waals surface area contributed by atoms with E-state index in [1.54, 1.807) is 19.1 Å². The highest BCUT2D eigenvalue weighted by Gasteiger charge is 2.32. The molecule has 0 saturated heterocycles. The number of methoxy groups -OCH3 is 5. The molecule has 144 valence electrons. The van der Waals surface area contributed by atoms with Gasteiger partial charge in [0.1, 0.15) is 0 Å². The summed E-state index contributed by atoms with van der Waals surface area (Å²) in [5, 5.41) is 0.853. The smallest absolute Gasteiger partial charge is 0.339 e. The molecule has 0 unspecified atom stereocenters. The lowest BCUT2D eigenvalue weighted by molar-refractivity contribution is 0.0536. The maximum atomic E-state index is 12.5. The van der Waals surface area contributed by atoms with E-state index >= 15 is 0 Å². The quantitative estimate of drug-likeness (QED) is 0.580. The number of fused-ring (bicyclic) bond motifs is 1. The fourth-order valence-electron chi connectivity index (χ4n) is 2.96. The maximum absolute atomic E-state index is 12.5. The van der Waals surface area contributed by atoms with Crippen molar-refractivity contribution < 1.29 is 38.1 Å². The lowest BCUT2D eigenvalue weighted by atomic mass is 9.89. The van der Waals surface area contributed by atoms with Crippen molar-refractivity contribution in [3.05, 3.63) is 34.4 Å². The number of benzene rings is 2. The second-order valence-electron chi connectivity index (χ2n) is 5.48. The van der Waals surface area contributed by atoms with E-state index in [2.05, 4.69) is 0 Å². The minimum Gasteiger partial charge on any atom is -0.493 e. The normalized spacial score (nSPS) is 10.3. The molecule has 0 N–H and O–H groups in total. The molecule has 0 heterocycles. The van der Waals surface area contributed by atoms with Crippen molar-refractivity contribution in [3.8, 4) is 11.5 Å². The van der Waals surface area contributed by atoms with Gasteiger partial charge < -0.3 is 23.7 Å². The minimum absolute atomic E-state index is 0.0792. The largest absolute Gasteiger partial charge is 0.493 e. The molecular formula is C19H20O8. The first-order chi connectivity index (χ1) is 12.9. The van der Waals surface area contributed by atoms with Crippen LogP contribution in [0.3, 0.4) is 0 Å². The number of rotatable bonds is 5. The molecule has 0 aliphatic carbocycles. The summed E-state index contributed by atoms with van der Waals surface area (Å²) < 4.78 is 25.1. The molecule has 8 heteroatoms. The zero-order chi connectivity index (χ0) is 20.3. The van der Waals surface area contributed by atoms with E-state index in [4.69, 9.17) is 23.7 Å². The van der Waals surface area contributed by atoms with E-state index in [0.29, 0.717) is 27.8 Å². The number of hydrogen-bond donors (Lipinski definition) is 0. The van der Waals surface area contributed by atoms with Crippen LogP contribution in [-0.4, -0.2) is 53.5 Å². The first kappa shape index (κ1) is 20.0. The van der Waals surface area contributed by atoms with Crippen molar-refractivity contribution in [2.45, 2.75) is 6.92 Å².